The molecule has 0 spiro atoms. The molecular formula is C23H20N2O6S. The number of nitrogens with zero attached hydrogens (tertiary/aromatic N) is 1. The molecule has 2 aromatic carbocycles. The molecule has 0 bridgehead atoms. The van der Waals surface area contributed by atoms with Gasteiger partial charge in [-0.05, 0) is 53.8 Å². The highest BCUT2D eigenvalue weighted by Gasteiger charge is 2.39. The Labute approximate surface area is 185 Å². The Kier molecular flexibility index (Phi) is 5.59. The van der Waals surface area contributed by atoms with Gasteiger partial charge in [-0.3, -0.25) is 23.9 Å². The number of hydrogen-bond donors (Lipinski definition) is 1. The lowest BCUT2D eigenvalue weighted by molar-refractivity contribution is -0.136. The van der Waals surface area contributed by atoms with E-state index in [0.29, 0.717) is 16.7 Å². The van der Waals surface area contributed by atoms with Gasteiger partial charge in [-0.15, -0.1) is 6.42 Å². The zero-order valence-electron chi connectivity index (χ0n) is 17.3. The van der Waals surface area contributed by atoms with Crippen molar-refractivity contribution in [2.45, 2.75) is 37.2 Å². The summed E-state index contributed by atoms with van der Waals surface area (Å²) < 4.78 is 29.5. The van der Waals surface area contributed by atoms with Gasteiger partial charge in [0.2, 0.25) is 11.8 Å². The molecule has 9 heteroatoms. The lowest BCUT2D eigenvalue weighted by atomic mass is 9.97. The van der Waals surface area contributed by atoms with Gasteiger partial charge in [0, 0.05) is 18.5 Å². The van der Waals surface area contributed by atoms with Crippen LogP contribution in [0, 0.1) is 19.3 Å². The van der Waals surface area contributed by atoms with E-state index in [1.54, 1.807) is 24.3 Å². The number of benzene rings is 2. The molecule has 1 atom stereocenters. The van der Waals surface area contributed by atoms with Crippen LogP contribution < -0.4 is 5.32 Å². The summed E-state index contributed by atoms with van der Waals surface area (Å²) in [6, 6.07) is 9.19. The normalized spacial score (nSPS) is 18.3. The van der Waals surface area contributed by atoms with E-state index in [2.05, 4.69) is 11.2 Å². The SMILES string of the molecule is C#CCOS(=O)(=O)c1ccc(C)c(-c2ccc3c(c2)C(=O)N(C2CCC(=O)NC2=O)C3)c1. The van der Waals surface area contributed by atoms with E-state index < -0.39 is 22.1 Å². The first-order chi connectivity index (χ1) is 15.2. The number of carbonyl (C=O) groups is 3. The molecule has 1 N–H and O–H groups in total. The van der Waals surface area contributed by atoms with Crippen molar-refractivity contribution < 1.29 is 27.0 Å². The second-order valence-corrected chi connectivity index (χ2v) is 9.28. The van der Waals surface area contributed by atoms with E-state index in [4.69, 9.17) is 10.6 Å². The van der Waals surface area contributed by atoms with E-state index >= 15 is 0 Å². The summed E-state index contributed by atoms with van der Waals surface area (Å²) in [4.78, 5) is 38.1. The molecule has 0 aliphatic carbocycles. The maximum absolute atomic E-state index is 13.1. The number of nitrogens with one attached hydrogen (secondary N) is 1. The average Bonchev–Trinajstić information content (AvgIpc) is 3.08. The topological polar surface area (TPSA) is 110 Å². The average molecular weight is 452 g/mol. The Morgan fingerprint density at radius 2 is 1.94 bits per heavy atom. The van der Waals surface area contributed by atoms with Gasteiger partial charge in [-0.2, -0.15) is 8.42 Å². The Bertz CT molecular complexity index is 1290. The third-order valence-electron chi connectivity index (χ3n) is 5.63. The van der Waals surface area contributed by atoms with E-state index in [0.717, 1.165) is 11.1 Å². The number of carbonyl (C=O) groups excluding carboxylic acids is 3. The molecule has 0 saturated carbocycles. The van der Waals surface area contributed by atoms with Crippen LogP contribution in [0.15, 0.2) is 41.3 Å². The molecule has 4 rings (SSSR count). The van der Waals surface area contributed by atoms with E-state index in [-0.39, 0.29) is 42.7 Å². The van der Waals surface area contributed by atoms with E-state index in [1.807, 2.05) is 6.92 Å². The molecule has 1 saturated heterocycles. The van der Waals surface area contributed by atoms with Gasteiger partial charge in [-0.25, -0.2) is 0 Å². The van der Waals surface area contributed by atoms with Crippen LogP contribution in [0.3, 0.4) is 0 Å². The molecule has 2 heterocycles. The van der Waals surface area contributed by atoms with Gasteiger partial charge in [0.15, 0.2) is 0 Å². The summed E-state index contributed by atoms with van der Waals surface area (Å²) in [6.45, 7) is 1.74. The van der Waals surface area contributed by atoms with Crippen molar-refractivity contribution in [3.05, 3.63) is 53.1 Å². The molecule has 8 nitrogen and oxygen atoms in total. The number of aryl methyl sites for hydroxylation is 1. The molecule has 2 aliphatic rings. The van der Waals surface area contributed by atoms with Crippen LogP contribution in [-0.4, -0.2) is 43.7 Å². The standard InChI is InChI=1S/C23H20N2O6S/c1-3-10-31-32(29,30)17-7-4-14(2)18(12-17)15-5-6-16-13-25(23(28)19(16)11-15)20-8-9-21(26)24-22(20)27/h1,4-7,11-12,20H,8-10,13H2,2H3,(H,24,26,27). The molecule has 0 aromatic heterocycles. The summed E-state index contributed by atoms with van der Waals surface area (Å²) in [5.41, 5.74) is 3.32. The summed E-state index contributed by atoms with van der Waals surface area (Å²) in [6.07, 6.45) is 5.56. The number of rotatable bonds is 5. The Morgan fingerprint density at radius 1 is 1.16 bits per heavy atom. The second kappa shape index (κ2) is 8.22. The van der Waals surface area contributed by atoms with Gasteiger partial charge in [0.25, 0.3) is 16.0 Å². The zero-order chi connectivity index (χ0) is 23.0. The largest absolute Gasteiger partial charge is 0.322 e. The Morgan fingerprint density at radius 3 is 2.66 bits per heavy atom. The van der Waals surface area contributed by atoms with Crippen molar-refractivity contribution in [2.24, 2.45) is 0 Å². The van der Waals surface area contributed by atoms with Crippen molar-refractivity contribution in [3.8, 4) is 23.5 Å². The van der Waals surface area contributed by atoms with Crippen LogP contribution in [0.1, 0.15) is 34.3 Å². The highest BCUT2D eigenvalue weighted by atomic mass is 32.2. The second-order valence-electron chi connectivity index (χ2n) is 7.67. The van der Waals surface area contributed by atoms with Gasteiger partial charge in [0.1, 0.15) is 12.6 Å². The van der Waals surface area contributed by atoms with Crippen LogP contribution >= 0.6 is 0 Å². The van der Waals surface area contributed by atoms with Crippen LogP contribution in [0.2, 0.25) is 0 Å². The van der Waals surface area contributed by atoms with E-state index in [1.165, 1.54) is 17.0 Å². The molecule has 2 aromatic rings. The molecular weight excluding hydrogens is 432 g/mol. The van der Waals surface area contributed by atoms with Crippen LogP contribution in [0.25, 0.3) is 11.1 Å². The highest BCUT2D eigenvalue weighted by Crippen LogP contribution is 2.33. The molecule has 2 aliphatic heterocycles. The fourth-order valence-electron chi connectivity index (χ4n) is 3.97. The van der Waals surface area contributed by atoms with E-state index in [9.17, 15) is 22.8 Å². The molecule has 1 unspecified atom stereocenters. The summed E-state index contributed by atoms with van der Waals surface area (Å²) in [5.74, 6) is 1.03. The van der Waals surface area contributed by atoms with Gasteiger partial charge < -0.3 is 4.90 Å². The minimum atomic E-state index is -4.02. The first kappa shape index (κ1) is 21.7. The van der Waals surface area contributed by atoms with Crippen molar-refractivity contribution >= 4 is 27.8 Å². The van der Waals surface area contributed by atoms with Gasteiger partial charge >= 0.3 is 0 Å². The Balaban J connectivity index is 1.66. The van der Waals surface area contributed by atoms with Crippen molar-refractivity contribution in [1.29, 1.82) is 0 Å². The molecule has 1 fully saturated rings. The predicted octanol–water partition coefficient (Wildman–Crippen LogP) is 1.76. The molecule has 0 radical (unpaired) electrons. The number of imide groups is 1. The minimum Gasteiger partial charge on any atom is -0.322 e. The first-order valence-electron chi connectivity index (χ1n) is 9.93. The predicted molar refractivity (Wildman–Crippen MR) is 115 cm³/mol. The number of amides is 3. The van der Waals surface area contributed by atoms with Crippen molar-refractivity contribution in [2.75, 3.05) is 6.61 Å². The fraction of sp³-hybridized carbons (Fsp3) is 0.261. The molecule has 164 valence electrons. The summed E-state index contributed by atoms with van der Waals surface area (Å²) >= 11 is 0. The summed E-state index contributed by atoms with van der Waals surface area (Å²) in [7, 11) is -4.02. The number of piperidine rings is 1. The van der Waals surface area contributed by atoms with Crippen molar-refractivity contribution in [1.82, 2.24) is 10.2 Å². The van der Waals surface area contributed by atoms with Gasteiger partial charge in [0.05, 0.1) is 4.90 Å². The smallest absolute Gasteiger partial charge is 0.297 e. The molecule has 3 amide bonds. The number of fused-ring (bicyclic) bond motifs is 1. The number of terminal acetylenes is 1. The Hall–Kier alpha value is -3.48. The monoisotopic (exact) mass is 452 g/mol. The summed E-state index contributed by atoms with van der Waals surface area (Å²) in [5, 5.41) is 2.28. The maximum Gasteiger partial charge on any atom is 0.297 e. The van der Waals surface area contributed by atoms with Crippen LogP contribution in [0.4, 0.5) is 0 Å². The third-order valence-corrected chi connectivity index (χ3v) is 6.89. The van der Waals surface area contributed by atoms with Crippen LogP contribution in [0.5, 0.6) is 0 Å². The molecule has 32 heavy (non-hydrogen) atoms. The fourth-order valence-corrected chi connectivity index (χ4v) is 4.83. The quantitative estimate of drug-likeness (QED) is 0.421. The maximum atomic E-state index is 13.1. The highest BCUT2D eigenvalue weighted by molar-refractivity contribution is 7.86. The van der Waals surface area contributed by atoms with Crippen LogP contribution in [-0.2, 0) is 30.4 Å². The lowest BCUT2D eigenvalue weighted by Crippen LogP contribution is -2.52. The first-order valence-corrected chi connectivity index (χ1v) is 11.3. The van der Waals surface area contributed by atoms with Gasteiger partial charge in [-0.1, -0.05) is 24.1 Å². The third kappa shape index (κ3) is 3.90. The van der Waals surface area contributed by atoms with Crippen molar-refractivity contribution in [3.63, 3.8) is 0 Å². The minimum absolute atomic E-state index is 0.0367. The lowest BCUT2D eigenvalue weighted by Gasteiger charge is -2.29. The number of hydrogen-bond acceptors (Lipinski definition) is 6. The zero-order valence-corrected chi connectivity index (χ0v) is 18.1.